The van der Waals surface area contributed by atoms with Crippen LogP contribution in [-0.2, 0) is 0 Å². The third-order valence-electron chi connectivity index (χ3n) is 4.53. The fourth-order valence-electron chi connectivity index (χ4n) is 3.70. The standard InChI is InChI=1S/C19H12BrN/c1-11-5-4-8-16-17(11)13-9-10-14(20)18-12-6-2-3-7-15(12)21(16)19(13)18/h2-10H,1H3. The highest BCUT2D eigenvalue weighted by molar-refractivity contribution is 9.10. The molecule has 21 heavy (non-hydrogen) atoms. The lowest BCUT2D eigenvalue weighted by atomic mass is 10.1. The molecule has 0 bridgehead atoms. The minimum atomic E-state index is 1.17. The number of para-hydroxylation sites is 1. The lowest BCUT2D eigenvalue weighted by Gasteiger charge is -2.00. The fourth-order valence-corrected chi connectivity index (χ4v) is 4.23. The number of hydrogen-bond acceptors (Lipinski definition) is 0. The molecule has 0 amide bonds. The molecule has 0 spiro atoms. The van der Waals surface area contributed by atoms with Gasteiger partial charge in [-0.25, -0.2) is 0 Å². The molecule has 100 valence electrons. The second-order valence-electron chi connectivity index (χ2n) is 5.64. The fraction of sp³-hybridized carbons (Fsp3) is 0.0526. The van der Waals surface area contributed by atoms with Crippen molar-refractivity contribution in [1.82, 2.24) is 4.40 Å². The zero-order valence-electron chi connectivity index (χ0n) is 11.5. The first kappa shape index (κ1) is 11.6. The minimum Gasteiger partial charge on any atom is -0.308 e. The van der Waals surface area contributed by atoms with Gasteiger partial charge in [0.05, 0.1) is 16.6 Å². The Morgan fingerprint density at radius 2 is 1.57 bits per heavy atom. The Bertz CT molecular complexity index is 1150. The molecule has 2 heteroatoms. The number of hydrogen-bond donors (Lipinski definition) is 0. The lowest BCUT2D eigenvalue weighted by Crippen LogP contribution is -1.80. The molecule has 3 aromatic carbocycles. The molecule has 2 heterocycles. The third-order valence-corrected chi connectivity index (χ3v) is 5.19. The molecule has 1 nitrogen and oxygen atoms in total. The van der Waals surface area contributed by atoms with Crippen molar-refractivity contribution in [2.24, 2.45) is 0 Å². The lowest BCUT2D eigenvalue weighted by molar-refractivity contribution is 1.36. The van der Waals surface area contributed by atoms with Gasteiger partial charge in [0, 0.05) is 26.0 Å². The van der Waals surface area contributed by atoms with Crippen LogP contribution in [0.3, 0.4) is 0 Å². The number of halogens is 1. The van der Waals surface area contributed by atoms with E-state index in [1.807, 2.05) is 0 Å². The van der Waals surface area contributed by atoms with Gasteiger partial charge >= 0.3 is 0 Å². The molecule has 0 saturated heterocycles. The number of aryl methyl sites for hydroxylation is 1. The van der Waals surface area contributed by atoms with Crippen LogP contribution in [0.1, 0.15) is 5.56 Å². The van der Waals surface area contributed by atoms with Gasteiger partial charge in [0.15, 0.2) is 0 Å². The number of rotatable bonds is 0. The van der Waals surface area contributed by atoms with Gasteiger partial charge in [-0.15, -0.1) is 0 Å². The Balaban J connectivity index is 2.31. The van der Waals surface area contributed by atoms with Gasteiger partial charge in [-0.3, -0.25) is 0 Å². The maximum atomic E-state index is 3.74. The summed E-state index contributed by atoms with van der Waals surface area (Å²) in [5.41, 5.74) is 5.25. The second-order valence-corrected chi connectivity index (χ2v) is 6.49. The van der Waals surface area contributed by atoms with Gasteiger partial charge < -0.3 is 4.40 Å². The van der Waals surface area contributed by atoms with Gasteiger partial charge in [-0.05, 0) is 30.7 Å². The summed E-state index contributed by atoms with van der Waals surface area (Å²) in [5, 5.41) is 5.35. The summed E-state index contributed by atoms with van der Waals surface area (Å²) >= 11 is 3.74. The zero-order valence-corrected chi connectivity index (χ0v) is 13.1. The van der Waals surface area contributed by atoms with E-state index in [2.05, 4.69) is 81.9 Å². The van der Waals surface area contributed by atoms with Crippen LogP contribution in [0.25, 0.3) is 38.1 Å². The Kier molecular flexibility index (Phi) is 2.08. The average Bonchev–Trinajstić information content (AvgIpc) is 3.00. The molecule has 0 atom stereocenters. The Morgan fingerprint density at radius 3 is 2.48 bits per heavy atom. The number of aromatic nitrogens is 1. The van der Waals surface area contributed by atoms with E-state index in [0.717, 1.165) is 0 Å². The highest BCUT2D eigenvalue weighted by Gasteiger charge is 2.19. The first-order chi connectivity index (χ1) is 10.3. The topological polar surface area (TPSA) is 4.41 Å². The van der Waals surface area contributed by atoms with Crippen LogP contribution < -0.4 is 0 Å². The van der Waals surface area contributed by atoms with Crippen LogP contribution in [0.2, 0.25) is 0 Å². The molecule has 0 N–H and O–H groups in total. The SMILES string of the molecule is Cc1cccc2c1c1ccc(Br)c3c4ccccc4n2c13. The summed E-state index contributed by atoms with van der Waals surface area (Å²) in [6.45, 7) is 2.20. The molecule has 0 aliphatic heterocycles. The van der Waals surface area contributed by atoms with Crippen LogP contribution in [0, 0.1) is 6.92 Å². The van der Waals surface area contributed by atoms with Crippen LogP contribution in [0.15, 0.2) is 59.1 Å². The molecule has 2 aromatic heterocycles. The van der Waals surface area contributed by atoms with Gasteiger partial charge in [0.1, 0.15) is 0 Å². The quantitative estimate of drug-likeness (QED) is 0.332. The third kappa shape index (κ3) is 1.27. The summed E-state index contributed by atoms with van der Waals surface area (Å²) in [7, 11) is 0. The first-order valence-electron chi connectivity index (χ1n) is 7.09. The van der Waals surface area contributed by atoms with Crippen LogP contribution in [0.5, 0.6) is 0 Å². The normalized spacial score (nSPS) is 12.3. The average molecular weight is 334 g/mol. The van der Waals surface area contributed by atoms with Crippen molar-refractivity contribution in [2.75, 3.05) is 0 Å². The predicted molar refractivity (Wildman–Crippen MR) is 93.5 cm³/mol. The van der Waals surface area contributed by atoms with Gasteiger partial charge in [-0.2, -0.15) is 0 Å². The highest BCUT2D eigenvalue weighted by atomic mass is 79.9. The minimum absolute atomic E-state index is 1.17. The molecular weight excluding hydrogens is 322 g/mol. The van der Waals surface area contributed by atoms with E-state index in [1.54, 1.807) is 0 Å². The molecule has 0 aliphatic carbocycles. The Hall–Kier alpha value is -2.06. The van der Waals surface area contributed by atoms with Crippen LogP contribution >= 0.6 is 15.9 Å². The number of benzene rings is 3. The molecule has 0 saturated carbocycles. The van der Waals surface area contributed by atoms with Crippen LogP contribution in [-0.4, -0.2) is 4.40 Å². The number of fused-ring (bicyclic) bond motifs is 6. The smallest absolute Gasteiger partial charge is 0.0631 e. The van der Waals surface area contributed by atoms with Gasteiger partial charge in [0.2, 0.25) is 0 Å². The van der Waals surface area contributed by atoms with Crippen molar-refractivity contribution in [2.45, 2.75) is 6.92 Å². The predicted octanol–water partition coefficient (Wildman–Crippen LogP) is 5.91. The summed E-state index contributed by atoms with van der Waals surface area (Å²) in [6.07, 6.45) is 0. The van der Waals surface area contributed by atoms with Crippen LogP contribution in [0.4, 0.5) is 0 Å². The molecule has 0 aliphatic rings. The van der Waals surface area contributed by atoms with Crippen molar-refractivity contribution < 1.29 is 0 Å². The van der Waals surface area contributed by atoms with Crippen molar-refractivity contribution in [1.29, 1.82) is 0 Å². The van der Waals surface area contributed by atoms with E-state index in [9.17, 15) is 0 Å². The summed E-state index contributed by atoms with van der Waals surface area (Å²) in [6, 6.07) is 19.6. The zero-order chi connectivity index (χ0) is 14.1. The molecular formula is C19H12BrN. The first-order valence-corrected chi connectivity index (χ1v) is 7.88. The van der Waals surface area contributed by atoms with Crippen molar-refractivity contribution in [3.8, 4) is 0 Å². The van der Waals surface area contributed by atoms with E-state index in [4.69, 9.17) is 0 Å². The second kappa shape index (κ2) is 3.77. The maximum Gasteiger partial charge on any atom is 0.0631 e. The van der Waals surface area contributed by atoms with Gasteiger partial charge in [-0.1, -0.05) is 52.3 Å². The molecule has 0 unspecified atom stereocenters. The maximum absolute atomic E-state index is 3.74. The monoisotopic (exact) mass is 333 g/mol. The summed E-state index contributed by atoms with van der Waals surface area (Å²) in [4.78, 5) is 0. The largest absolute Gasteiger partial charge is 0.308 e. The molecule has 0 radical (unpaired) electrons. The van der Waals surface area contributed by atoms with E-state index < -0.39 is 0 Å². The van der Waals surface area contributed by atoms with E-state index in [-0.39, 0.29) is 0 Å². The van der Waals surface area contributed by atoms with E-state index >= 15 is 0 Å². The van der Waals surface area contributed by atoms with E-state index in [1.165, 1.54) is 48.1 Å². The van der Waals surface area contributed by atoms with Crippen molar-refractivity contribution in [3.63, 3.8) is 0 Å². The Morgan fingerprint density at radius 1 is 0.762 bits per heavy atom. The Labute approximate surface area is 130 Å². The van der Waals surface area contributed by atoms with Crippen molar-refractivity contribution in [3.05, 3.63) is 64.6 Å². The highest BCUT2D eigenvalue weighted by Crippen LogP contribution is 2.42. The molecule has 5 aromatic rings. The summed E-state index contributed by atoms with van der Waals surface area (Å²) < 4.78 is 3.58. The summed E-state index contributed by atoms with van der Waals surface area (Å²) in [5.74, 6) is 0. The van der Waals surface area contributed by atoms with E-state index in [0.29, 0.717) is 0 Å². The van der Waals surface area contributed by atoms with Crippen molar-refractivity contribution >= 4 is 54.0 Å². The molecule has 0 fully saturated rings. The van der Waals surface area contributed by atoms with Gasteiger partial charge in [0.25, 0.3) is 0 Å². The number of nitrogens with zero attached hydrogens (tertiary/aromatic N) is 1. The molecule has 5 rings (SSSR count).